The number of ether oxygens (including phenoxy) is 5. The number of fused-ring (bicyclic) bond motifs is 6. The molecule has 378 valence electrons. The summed E-state index contributed by atoms with van der Waals surface area (Å²) in [7, 11) is 5.13. The van der Waals surface area contributed by atoms with E-state index < -0.39 is 70.1 Å². The van der Waals surface area contributed by atoms with Gasteiger partial charge in [-0.15, -0.1) is 0 Å². The van der Waals surface area contributed by atoms with Gasteiger partial charge in [-0.1, -0.05) is 36.0 Å². The van der Waals surface area contributed by atoms with Gasteiger partial charge in [0, 0.05) is 42.4 Å². The van der Waals surface area contributed by atoms with Gasteiger partial charge < -0.3 is 38.4 Å². The number of thioether (sulfide) groups is 1. The fourth-order valence-corrected chi connectivity index (χ4v) is 12.5. The summed E-state index contributed by atoms with van der Waals surface area (Å²) in [6.07, 6.45) is -4.19. The number of likely N-dealkylation sites (tertiary alicyclic amines) is 1. The van der Waals surface area contributed by atoms with Crippen LogP contribution >= 0.6 is 11.8 Å². The van der Waals surface area contributed by atoms with Gasteiger partial charge >= 0.3 is 12.3 Å². The quantitative estimate of drug-likeness (QED) is 0.0711. The van der Waals surface area contributed by atoms with Crippen molar-refractivity contribution >= 4 is 40.3 Å². The fourth-order valence-electron chi connectivity index (χ4n) is 11.4. The van der Waals surface area contributed by atoms with Gasteiger partial charge in [0.25, 0.3) is 0 Å². The highest BCUT2D eigenvalue weighted by Crippen LogP contribution is 2.51. The summed E-state index contributed by atoms with van der Waals surface area (Å²) in [5, 5.41) is 0.320. The van der Waals surface area contributed by atoms with E-state index in [2.05, 4.69) is 16.9 Å². The van der Waals surface area contributed by atoms with Gasteiger partial charge in [0.05, 0.1) is 56.8 Å². The minimum atomic E-state index is -5.16. The van der Waals surface area contributed by atoms with Crippen LogP contribution in [0.4, 0.5) is 38.3 Å². The third-order valence-corrected chi connectivity index (χ3v) is 16.0. The Morgan fingerprint density at radius 1 is 0.944 bits per heavy atom. The van der Waals surface area contributed by atoms with Gasteiger partial charge in [0.1, 0.15) is 51.4 Å². The first kappa shape index (κ1) is 48.9. The molecule has 19 heteroatoms. The predicted octanol–water partition coefficient (Wildman–Crippen LogP) is 10.1. The molecule has 0 saturated carbocycles. The Labute approximate surface area is 413 Å². The Hall–Kier alpha value is -5.66. The van der Waals surface area contributed by atoms with Crippen molar-refractivity contribution in [2.75, 3.05) is 63.1 Å². The average molecular weight is 1000 g/mol. The van der Waals surface area contributed by atoms with Crippen LogP contribution in [0.3, 0.4) is 0 Å². The Morgan fingerprint density at radius 3 is 2.23 bits per heavy atom. The number of hydrogen-bond acceptors (Lipinski definition) is 13. The van der Waals surface area contributed by atoms with Crippen molar-refractivity contribution in [3.8, 4) is 28.6 Å². The number of aromatic nitrogens is 3. The van der Waals surface area contributed by atoms with Gasteiger partial charge in [0.2, 0.25) is 5.88 Å². The van der Waals surface area contributed by atoms with Crippen molar-refractivity contribution < 1.29 is 50.4 Å². The zero-order valence-corrected chi connectivity index (χ0v) is 41.8. The van der Waals surface area contributed by atoms with Crippen LogP contribution in [0, 0.1) is 24.0 Å². The van der Waals surface area contributed by atoms with Gasteiger partial charge in [0.15, 0.2) is 11.0 Å². The maximum Gasteiger partial charge on any atom is 0.417 e. The maximum atomic E-state index is 18.1. The van der Waals surface area contributed by atoms with E-state index in [4.69, 9.17) is 33.7 Å². The second-order valence-electron chi connectivity index (χ2n) is 20.5. The lowest BCUT2D eigenvalue weighted by Crippen LogP contribution is -2.65. The number of hydrogen-bond donors (Lipinski definition) is 0. The summed E-state index contributed by atoms with van der Waals surface area (Å²) >= 11 is 1.35. The number of methoxy groups -OCH3 is 2. The first-order valence-electron chi connectivity index (χ1n) is 24.0. The monoisotopic (exact) mass is 1000 g/mol. The summed E-state index contributed by atoms with van der Waals surface area (Å²) in [6.45, 7) is 10.7. The highest BCUT2D eigenvalue weighted by molar-refractivity contribution is 7.99. The van der Waals surface area contributed by atoms with Crippen molar-refractivity contribution in [1.29, 1.82) is 0 Å². The normalized spacial score (nSPS) is 23.9. The van der Waals surface area contributed by atoms with Gasteiger partial charge in [-0.05, 0) is 114 Å². The summed E-state index contributed by atoms with van der Waals surface area (Å²) in [5.74, 6) is -0.396. The van der Waals surface area contributed by atoms with Crippen molar-refractivity contribution in [1.82, 2.24) is 24.8 Å². The highest BCUT2D eigenvalue weighted by atomic mass is 32.2. The molecular weight excluding hydrogens is 946 g/mol. The fraction of sp³-hybridized carbons (Fsp3) is 0.500. The van der Waals surface area contributed by atoms with E-state index in [0.29, 0.717) is 66.8 Å². The van der Waals surface area contributed by atoms with Crippen molar-refractivity contribution in [3.05, 3.63) is 88.5 Å². The lowest BCUT2D eigenvalue weighted by atomic mass is 9.85. The number of pyridine rings is 1. The zero-order chi connectivity index (χ0) is 50.3. The highest BCUT2D eigenvalue weighted by Gasteiger charge is 2.55. The Bertz CT molecular complexity index is 2800. The Kier molecular flexibility index (Phi) is 12.7. The molecule has 0 N–H and O–H groups in total. The van der Waals surface area contributed by atoms with Crippen LogP contribution in [0.1, 0.15) is 69.2 Å². The molecule has 5 aliphatic heterocycles. The van der Waals surface area contributed by atoms with Crippen LogP contribution in [0.5, 0.6) is 17.4 Å². The second-order valence-corrected chi connectivity index (χ2v) is 21.4. The standard InChI is InChI=1S/C52H58F5N7O6S/c1-28-40(52(55,56)57)35(21-37(41(28)53)62(22-30-9-14-33(66-7)15-10-30)23-31-11-16-34(67-8)17-12-31)43-42(54)44-39-46(60-48(59-44)71-27-51-19-20-61(6)38(51)25-68-26-51)63-24-32-13-18-36(45(63)29(2)69-47(39)58-43)64(32)49(65)70-50(3,4)5/h9-12,14-17,21,29,32,36,38,45H,13,18-20,22-27H2,1-8H3/t29-,32+,36-,38?,45+,51?/m0/s1. The van der Waals surface area contributed by atoms with E-state index >= 15 is 22.0 Å². The van der Waals surface area contributed by atoms with Crippen molar-refractivity contribution in [2.45, 2.75) is 114 Å². The molecule has 13 nitrogen and oxygen atoms in total. The number of carbonyl (C=O) groups excluding carboxylic acids is 1. The molecule has 10 rings (SSSR count). The summed E-state index contributed by atoms with van der Waals surface area (Å²) in [4.78, 5) is 36.2. The number of alkyl halides is 3. The van der Waals surface area contributed by atoms with Crippen LogP contribution in [0.15, 0.2) is 59.8 Å². The average Bonchev–Trinajstić information content (AvgIpc) is 3.97. The van der Waals surface area contributed by atoms with E-state index in [1.54, 1.807) is 58.3 Å². The number of amides is 1. The number of nitrogens with zero attached hydrogens (tertiary/aromatic N) is 7. The van der Waals surface area contributed by atoms with E-state index in [1.165, 1.54) is 26.0 Å². The number of rotatable bonds is 11. The minimum absolute atomic E-state index is 0.0523. The number of benzene rings is 3. The maximum absolute atomic E-state index is 18.1. The number of piperazine rings is 1. The molecule has 4 saturated heterocycles. The summed E-state index contributed by atoms with van der Waals surface area (Å²) in [5.41, 5.74) is -3.54. The van der Waals surface area contributed by atoms with E-state index in [1.807, 2.05) is 32.6 Å². The molecular formula is C52H58F5N7O6S. The largest absolute Gasteiger partial charge is 0.497 e. The van der Waals surface area contributed by atoms with Crippen molar-refractivity contribution in [3.63, 3.8) is 0 Å². The molecule has 5 aromatic rings. The van der Waals surface area contributed by atoms with Crippen LogP contribution in [0.2, 0.25) is 0 Å². The number of carbonyl (C=O) groups is 1. The molecule has 5 aliphatic rings. The van der Waals surface area contributed by atoms with Crippen LogP contribution in [-0.2, 0) is 28.7 Å². The van der Waals surface area contributed by atoms with Crippen LogP contribution in [0.25, 0.3) is 22.2 Å². The number of halogens is 5. The lowest BCUT2D eigenvalue weighted by molar-refractivity contribution is -0.137. The smallest absolute Gasteiger partial charge is 0.417 e. The molecule has 2 aromatic heterocycles. The number of anilines is 2. The summed E-state index contributed by atoms with van der Waals surface area (Å²) in [6, 6.07) is 14.1. The third-order valence-electron chi connectivity index (χ3n) is 14.9. The molecule has 0 aliphatic carbocycles. The van der Waals surface area contributed by atoms with Gasteiger partial charge in [-0.25, -0.2) is 28.5 Å². The molecule has 71 heavy (non-hydrogen) atoms. The van der Waals surface area contributed by atoms with Crippen molar-refractivity contribution in [2.24, 2.45) is 5.41 Å². The Morgan fingerprint density at radius 2 is 1.61 bits per heavy atom. The van der Waals surface area contributed by atoms with E-state index in [9.17, 15) is 4.79 Å². The third kappa shape index (κ3) is 8.93. The molecule has 7 heterocycles. The minimum Gasteiger partial charge on any atom is -0.497 e. The topological polar surface area (TPSA) is 115 Å². The molecule has 6 atom stereocenters. The second kappa shape index (κ2) is 18.4. The molecule has 0 spiro atoms. The molecule has 0 radical (unpaired) electrons. The SMILES string of the molecule is COc1ccc(CN(Cc2ccc(OC)cc2)c2cc(-c3nc4c5c(nc(SCC67CCN(C)C6COC7)nc5c3F)N3C[C@H]5CC[C@@H]([C@H]3[C@H](C)O4)N5C(=O)OC(C)(C)C)c(C(F)(F)F)c(C)c2F)cc1. The van der Waals surface area contributed by atoms with Crippen LogP contribution in [-0.4, -0.2) is 120 Å². The van der Waals surface area contributed by atoms with Crippen LogP contribution < -0.4 is 24.0 Å². The zero-order valence-electron chi connectivity index (χ0n) is 41.0. The number of likely N-dealkylation sites (N-methyl/N-ethyl adjacent to an activating group) is 1. The molecule has 4 fully saturated rings. The molecule has 2 unspecified atom stereocenters. The van der Waals surface area contributed by atoms with E-state index in [0.717, 1.165) is 26.0 Å². The lowest BCUT2D eigenvalue weighted by Gasteiger charge is -2.48. The molecule has 1 amide bonds. The van der Waals surface area contributed by atoms with E-state index in [-0.39, 0.29) is 58.2 Å². The summed E-state index contributed by atoms with van der Waals surface area (Å²) < 4.78 is 111. The van der Waals surface area contributed by atoms with Gasteiger partial charge in [-0.2, -0.15) is 13.2 Å². The first-order chi connectivity index (χ1) is 33.8. The van der Waals surface area contributed by atoms with Gasteiger partial charge in [-0.3, -0.25) is 4.90 Å². The predicted molar refractivity (Wildman–Crippen MR) is 259 cm³/mol. The molecule has 3 aromatic carbocycles. The molecule has 2 bridgehead atoms. The first-order valence-corrected chi connectivity index (χ1v) is 24.9. The Balaban J connectivity index is 1.15.